The lowest BCUT2D eigenvalue weighted by Gasteiger charge is -2.18. The SMILES string of the molecule is CCc1cccc(N2CN(C)N=N2)c1CBr. The lowest BCUT2D eigenvalue weighted by Crippen LogP contribution is -2.22. The molecule has 1 aromatic carbocycles. The van der Waals surface area contributed by atoms with Crippen molar-refractivity contribution in [1.82, 2.24) is 5.01 Å². The van der Waals surface area contributed by atoms with Gasteiger partial charge in [-0.15, -0.1) is 0 Å². The molecule has 1 heterocycles. The normalized spacial score (nSPS) is 14.9. The van der Waals surface area contributed by atoms with Crippen molar-refractivity contribution >= 4 is 21.6 Å². The van der Waals surface area contributed by atoms with Crippen LogP contribution in [0, 0.1) is 0 Å². The van der Waals surface area contributed by atoms with Crippen molar-refractivity contribution in [2.45, 2.75) is 18.7 Å². The Morgan fingerprint density at radius 1 is 1.38 bits per heavy atom. The van der Waals surface area contributed by atoms with Gasteiger partial charge in [0.05, 0.1) is 5.69 Å². The summed E-state index contributed by atoms with van der Waals surface area (Å²) in [6.07, 6.45) is 1.04. The van der Waals surface area contributed by atoms with Gasteiger partial charge in [-0.2, -0.15) is 0 Å². The van der Waals surface area contributed by atoms with E-state index in [2.05, 4.69) is 51.5 Å². The molecule has 5 heteroatoms. The highest BCUT2D eigenvalue weighted by Crippen LogP contribution is 2.28. The number of aryl methyl sites for hydroxylation is 1. The van der Waals surface area contributed by atoms with Crippen LogP contribution >= 0.6 is 15.9 Å². The fraction of sp³-hybridized carbons (Fsp3) is 0.455. The van der Waals surface area contributed by atoms with Crippen LogP contribution in [0.4, 0.5) is 5.69 Å². The Morgan fingerprint density at radius 2 is 2.19 bits per heavy atom. The smallest absolute Gasteiger partial charge is 0.132 e. The third-order valence-electron chi connectivity index (χ3n) is 2.68. The van der Waals surface area contributed by atoms with Crippen LogP contribution in [0.1, 0.15) is 18.1 Å². The van der Waals surface area contributed by atoms with E-state index in [1.54, 1.807) is 0 Å². The zero-order valence-electron chi connectivity index (χ0n) is 9.52. The Hall–Kier alpha value is -1.10. The number of alkyl halides is 1. The predicted molar refractivity (Wildman–Crippen MR) is 68.4 cm³/mol. The van der Waals surface area contributed by atoms with Crippen LogP contribution in [0.2, 0.25) is 0 Å². The maximum Gasteiger partial charge on any atom is 0.132 e. The van der Waals surface area contributed by atoms with Gasteiger partial charge in [0.2, 0.25) is 0 Å². The van der Waals surface area contributed by atoms with E-state index in [0.717, 1.165) is 17.4 Å². The van der Waals surface area contributed by atoms with E-state index >= 15 is 0 Å². The summed E-state index contributed by atoms with van der Waals surface area (Å²) in [5, 5.41) is 12.7. The van der Waals surface area contributed by atoms with Gasteiger partial charge in [0.25, 0.3) is 0 Å². The van der Waals surface area contributed by atoms with Gasteiger partial charge in [-0.25, -0.2) is 5.01 Å². The molecule has 86 valence electrons. The third kappa shape index (κ3) is 2.04. The molecule has 1 aliphatic heterocycles. The van der Waals surface area contributed by atoms with Crippen LogP contribution in [0.15, 0.2) is 28.6 Å². The largest absolute Gasteiger partial charge is 0.258 e. The third-order valence-corrected chi connectivity index (χ3v) is 3.24. The topological polar surface area (TPSA) is 31.2 Å². The molecule has 0 aliphatic carbocycles. The van der Waals surface area contributed by atoms with Crippen LogP contribution < -0.4 is 5.01 Å². The highest BCUT2D eigenvalue weighted by molar-refractivity contribution is 9.08. The molecule has 0 unspecified atom stereocenters. The number of nitrogens with zero attached hydrogens (tertiary/aromatic N) is 4. The maximum atomic E-state index is 4.13. The number of benzene rings is 1. The molecule has 1 aliphatic rings. The molecular formula is C11H15BrN4. The molecular weight excluding hydrogens is 268 g/mol. The second kappa shape index (κ2) is 4.82. The van der Waals surface area contributed by atoms with E-state index in [1.807, 2.05) is 17.1 Å². The van der Waals surface area contributed by atoms with Gasteiger partial charge < -0.3 is 0 Å². The number of rotatable bonds is 3. The Kier molecular flexibility index (Phi) is 3.43. The summed E-state index contributed by atoms with van der Waals surface area (Å²) in [6, 6.07) is 6.33. The zero-order valence-corrected chi connectivity index (χ0v) is 11.1. The van der Waals surface area contributed by atoms with Crippen LogP contribution in [-0.2, 0) is 11.8 Å². The summed E-state index contributed by atoms with van der Waals surface area (Å²) in [6.45, 7) is 2.88. The fourth-order valence-corrected chi connectivity index (χ4v) is 2.49. The molecule has 16 heavy (non-hydrogen) atoms. The molecule has 0 bridgehead atoms. The molecule has 4 nitrogen and oxygen atoms in total. The molecule has 0 saturated heterocycles. The van der Waals surface area contributed by atoms with E-state index in [-0.39, 0.29) is 0 Å². The summed E-state index contributed by atoms with van der Waals surface area (Å²) >= 11 is 3.55. The quantitative estimate of drug-likeness (QED) is 0.798. The standard InChI is InChI=1S/C11H15BrN4/c1-3-9-5-4-6-11(10(9)7-12)16-8-15(2)13-14-16/h4-6H,3,7-8H2,1-2H3. The fourth-order valence-electron chi connectivity index (χ4n) is 1.84. The monoisotopic (exact) mass is 282 g/mol. The van der Waals surface area contributed by atoms with Crippen LogP contribution in [-0.4, -0.2) is 18.7 Å². The maximum absolute atomic E-state index is 4.13. The van der Waals surface area contributed by atoms with Crippen molar-refractivity contribution in [3.05, 3.63) is 29.3 Å². The summed E-state index contributed by atoms with van der Waals surface area (Å²) in [5.41, 5.74) is 3.81. The lowest BCUT2D eigenvalue weighted by atomic mass is 10.0. The molecule has 0 aromatic heterocycles. The molecule has 0 radical (unpaired) electrons. The molecule has 0 spiro atoms. The number of halogens is 1. The average Bonchev–Trinajstić information content (AvgIpc) is 2.74. The van der Waals surface area contributed by atoms with E-state index in [9.17, 15) is 0 Å². The van der Waals surface area contributed by atoms with Gasteiger partial charge in [-0.1, -0.05) is 40.2 Å². The van der Waals surface area contributed by atoms with Crippen molar-refractivity contribution in [2.75, 3.05) is 18.7 Å². The van der Waals surface area contributed by atoms with Gasteiger partial charge in [-0.05, 0) is 28.8 Å². The molecule has 0 atom stereocenters. The van der Waals surface area contributed by atoms with Gasteiger partial charge >= 0.3 is 0 Å². The summed E-state index contributed by atoms with van der Waals surface area (Å²) in [7, 11) is 1.92. The van der Waals surface area contributed by atoms with Gasteiger partial charge in [0.1, 0.15) is 6.67 Å². The highest BCUT2D eigenvalue weighted by atomic mass is 79.9. The van der Waals surface area contributed by atoms with Crippen LogP contribution in [0.3, 0.4) is 0 Å². The second-order valence-electron chi connectivity index (χ2n) is 3.78. The Balaban J connectivity index is 2.37. The first-order valence-electron chi connectivity index (χ1n) is 5.33. The van der Waals surface area contributed by atoms with Gasteiger partial charge in [0.15, 0.2) is 0 Å². The van der Waals surface area contributed by atoms with E-state index in [1.165, 1.54) is 11.1 Å². The van der Waals surface area contributed by atoms with Crippen molar-refractivity contribution in [3.8, 4) is 0 Å². The molecule has 0 saturated carbocycles. The minimum absolute atomic E-state index is 0.715. The highest BCUT2D eigenvalue weighted by Gasteiger charge is 2.17. The Labute approximate surface area is 104 Å². The number of hydrogen-bond acceptors (Lipinski definition) is 4. The number of anilines is 1. The zero-order chi connectivity index (χ0) is 11.5. The number of hydrogen-bond donors (Lipinski definition) is 0. The Bertz CT molecular complexity index is 405. The Morgan fingerprint density at radius 3 is 2.75 bits per heavy atom. The first-order chi connectivity index (χ1) is 7.76. The second-order valence-corrected chi connectivity index (χ2v) is 4.34. The molecule has 1 aromatic rings. The van der Waals surface area contributed by atoms with E-state index < -0.39 is 0 Å². The molecule has 0 fully saturated rings. The molecule has 0 N–H and O–H groups in total. The van der Waals surface area contributed by atoms with Crippen LogP contribution in [0.25, 0.3) is 0 Å². The summed E-state index contributed by atoms with van der Waals surface area (Å²) < 4.78 is 0. The first kappa shape index (κ1) is 11.4. The van der Waals surface area contributed by atoms with Gasteiger partial charge in [-0.3, -0.25) is 5.01 Å². The van der Waals surface area contributed by atoms with Gasteiger partial charge in [0, 0.05) is 12.4 Å². The van der Waals surface area contributed by atoms with E-state index in [4.69, 9.17) is 0 Å². The predicted octanol–water partition coefficient (Wildman–Crippen LogP) is 3.14. The summed E-state index contributed by atoms with van der Waals surface area (Å²) in [5.74, 6) is 0. The summed E-state index contributed by atoms with van der Waals surface area (Å²) in [4.78, 5) is 0. The van der Waals surface area contributed by atoms with E-state index in [0.29, 0.717) is 6.67 Å². The van der Waals surface area contributed by atoms with Crippen molar-refractivity contribution in [3.63, 3.8) is 0 Å². The van der Waals surface area contributed by atoms with Crippen molar-refractivity contribution in [2.24, 2.45) is 10.4 Å². The lowest BCUT2D eigenvalue weighted by molar-refractivity contribution is 0.390. The minimum Gasteiger partial charge on any atom is -0.258 e. The van der Waals surface area contributed by atoms with Crippen molar-refractivity contribution < 1.29 is 0 Å². The average molecular weight is 283 g/mol. The van der Waals surface area contributed by atoms with Crippen molar-refractivity contribution in [1.29, 1.82) is 0 Å². The van der Waals surface area contributed by atoms with Crippen LogP contribution in [0.5, 0.6) is 0 Å². The molecule has 2 rings (SSSR count). The first-order valence-corrected chi connectivity index (χ1v) is 6.45. The minimum atomic E-state index is 0.715. The molecule has 0 amide bonds.